The van der Waals surface area contributed by atoms with E-state index in [-0.39, 0.29) is 0 Å². The van der Waals surface area contributed by atoms with Gasteiger partial charge in [-0.05, 0) is 12.8 Å². The minimum absolute atomic E-state index is 0.400. The van der Waals surface area contributed by atoms with E-state index in [0.29, 0.717) is 0 Å². The van der Waals surface area contributed by atoms with Crippen LogP contribution in [0.1, 0.15) is 58.8 Å². The van der Waals surface area contributed by atoms with Gasteiger partial charge in [-0.15, -0.1) is 0 Å². The molecular weight excluding hydrogens is 148 g/mol. The lowest BCUT2D eigenvalue weighted by atomic mass is 9.98. The molecule has 0 rings (SSSR count). The Hall–Kier alpha value is -0.0800. The molecule has 0 atom stereocenters. The zero-order chi connectivity index (χ0) is 9.45. The van der Waals surface area contributed by atoms with Gasteiger partial charge in [-0.1, -0.05) is 46.0 Å². The third-order valence-corrected chi connectivity index (χ3v) is 2.21. The molecule has 2 nitrogen and oxygen atoms in total. The Morgan fingerprint density at radius 1 is 0.833 bits per heavy atom. The van der Waals surface area contributed by atoms with Crippen molar-refractivity contribution in [3.05, 3.63) is 0 Å². The van der Waals surface area contributed by atoms with E-state index in [1.807, 2.05) is 0 Å². The Morgan fingerprint density at radius 2 is 1.50 bits per heavy atom. The summed E-state index contributed by atoms with van der Waals surface area (Å²) in [6, 6.07) is 0. The number of hydrogen-bond acceptors (Lipinski definition) is 2. The standard InChI is InChI=1S/C10H24N2/c1-3-5-6-7-9-10(11,12)8-4-2/h3-9,11-12H2,1-2H3. The summed E-state index contributed by atoms with van der Waals surface area (Å²) >= 11 is 0. The van der Waals surface area contributed by atoms with E-state index >= 15 is 0 Å². The highest BCUT2D eigenvalue weighted by atomic mass is 14.9. The van der Waals surface area contributed by atoms with Gasteiger partial charge >= 0.3 is 0 Å². The van der Waals surface area contributed by atoms with E-state index in [1.165, 1.54) is 25.7 Å². The zero-order valence-corrected chi connectivity index (χ0v) is 8.60. The second kappa shape index (κ2) is 6.44. The molecule has 0 saturated heterocycles. The van der Waals surface area contributed by atoms with Gasteiger partial charge in [0.25, 0.3) is 0 Å². The molecule has 2 heteroatoms. The highest BCUT2D eigenvalue weighted by Crippen LogP contribution is 2.12. The number of unbranched alkanes of at least 4 members (excludes halogenated alkanes) is 3. The predicted molar refractivity (Wildman–Crippen MR) is 54.8 cm³/mol. The monoisotopic (exact) mass is 172 g/mol. The third-order valence-electron chi connectivity index (χ3n) is 2.21. The van der Waals surface area contributed by atoms with Crippen LogP contribution in [0.3, 0.4) is 0 Å². The summed E-state index contributed by atoms with van der Waals surface area (Å²) in [5.74, 6) is 0. The topological polar surface area (TPSA) is 52.0 Å². The van der Waals surface area contributed by atoms with Gasteiger partial charge in [0, 0.05) is 0 Å². The van der Waals surface area contributed by atoms with E-state index in [2.05, 4.69) is 13.8 Å². The second-order valence-corrected chi connectivity index (χ2v) is 3.79. The fourth-order valence-corrected chi connectivity index (χ4v) is 1.47. The van der Waals surface area contributed by atoms with Crippen LogP contribution in [-0.2, 0) is 0 Å². The predicted octanol–water partition coefficient (Wildman–Crippen LogP) is 2.37. The Morgan fingerprint density at radius 3 is 2.00 bits per heavy atom. The lowest BCUT2D eigenvalue weighted by molar-refractivity contribution is 0.358. The van der Waals surface area contributed by atoms with Crippen molar-refractivity contribution < 1.29 is 0 Å². The van der Waals surface area contributed by atoms with Crippen molar-refractivity contribution in [3.8, 4) is 0 Å². The van der Waals surface area contributed by atoms with Gasteiger partial charge in [0.2, 0.25) is 0 Å². The molecule has 0 spiro atoms. The summed E-state index contributed by atoms with van der Waals surface area (Å²) in [6.45, 7) is 4.34. The molecule has 0 aromatic rings. The lowest BCUT2D eigenvalue weighted by Crippen LogP contribution is -2.48. The number of hydrogen-bond donors (Lipinski definition) is 2. The van der Waals surface area contributed by atoms with Crippen LogP contribution in [0.2, 0.25) is 0 Å². The maximum atomic E-state index is 5.89. The summed E-state index contributed by atoms with van der Waals surface area (Å²) < 4.78 is 0. The quantitative estimate of drug-likeness (QED) is 0.457. The van der Waals surface area contributed by atoms with Crippen molar-refractivity contribution >= 4 is 0 Å². The van der Waals surface area contributed by atoms with Crippen LogP contribution < -0.4 is 11.5 Å². The van der Waals surface area contributed by atoms with Crippen LogP contribution in [0.5, 0.6) is 0 Å². The highest BCUT2D eigenvalue weighted by Gasteiger charge is 2.16. The van der Waals surface area contributed by atoms with Gasteiger partial charge in [0.15, 0.2) is 0 Å². The SMILES string of the molecule is CCCCCCC(N)(N)CCC. The van der Waals surface area contributed by atoms with E-state index in [1.54, 1.807) is 0 Å². The van der Waals surface area contributed by atoms with Gasteiger partial charge in [0.1, 0.15) is 0 Å². The zero-order valence-electron chi connectivity index (χ0n) is 8.60. The molecule has 0 unspecified atom stereocenters. The summed E-state index contributed by atoms with van der Waals surface area (Å²) in [6.07, 6.45) is 8.04. The average Bonchev–Trinajstić information content (AvgIpc) is 1.98. The van der Waals surface area contributed by atoms with Crippen molar-refractivity contribution in [2.75, 3.05) is 0 Å². The highest BCUT2D eigenvalue weighted by molar-refractivity contribution is 4.75. The van der Waals surface area contributed by atoms with Crippen LogP contribution in [0.15, 0.2) is 0 Å². The minimum Gasteiger partial charge on any atom is -0.313 e. The number of rotatable bonds is 7. The van der Waals surface area contributed by atoms with Crippen LogP contribution in [0, 0.1) is 0 Å². The summed E-state index contributed by atoms with van der Waals surface area (Å²) in [4.78, 5) is 0. The van der Waals surface area contributed by atoms with E-state index < -0.39 is 5.66 Å². The lowest BCUT2D eigenvalue weighted by Gasteiger charge is -2.23. The summed E-state index contributed by atoms with van der Waals surface area (Å²) in [5, 5.41) is 0. The summed E-state index contributed by atoms with van der Waals surface area (Å²) in [5.41, 5.74) is 11.4. The molecule has 0 aliphatic carbocycles. The number of nitrogens with two attached hydrogens (primary N) is 2. The van der Waals surface area contributed by atoms with Crippen molar-refractivity contribution in [2.24, 2.45) is 11.5 Å². The fraction of sp³-hybridized carbons (Fsp3) is 1.00. The molecule has 0 aliphatic heterocycles. The molecule has 0 aromatic heterocycles. The Bertz CT molecular complexity index is 100. The fourth-order valence-electron chi connectivity index (χ4n) is 1.47. The summed E-state index contributed by atoms with van der Waals surface area (Å²) in [7, 11) is 0. The molecule has 0 heterocycles. The van der Waals surface area contributed by atoms with Gasteiger partial charge in [-0.3, -0.25) is 0 Å². The molecule has 4 N–H and O–H groups in total. The Labute approximate surface area is 76.7 Å². The Balaban J connectivity index is 3.33. The van der Waals surface area contributed by atoms with Gasteiger partial charge in [-0.25, -0.2) is 0 Å². The molecule has 0 aromatic carbocycles. The molecule has 0 bridgehead atoms. The van der Waals surface area contributed by atoms with E-state index in [4.69, 9.17) is 11.5 Å². The normalized spacial score (nSPS) is 12.0. The molecule has 74 valence electrons. The smallest absolute Gasteiger partial charge is 0.0636 e. The maximum Gasteiger partial charge on any atom is 0.0636 e. The molecule has 0 saturated carbocycles. The van der Waals surface area contributed by atoms with Crippen LogP contribution in [0.25, 0.3) is 0 Å². The van der Waals surface area contributed by atoms with Crippen LogP contribution >= 0.6 is 0 Å². The minimum atomic E-state index is -0.400. The second-order valence-electron chi connectivity index (χ2n) is 3.79. The Kier molecular flexibility index (Phi) is 6.39. The first-order valence-corrected chi connectivity index (χ1v) is 5.20. The molecule has 12 heavy (non-hydrogen) atoms. The van der Waals surface area contributed by atoms with E-state index in [0.717, 1.165) is 19.3 Å². The largest absolute Gasteiger partial charge is 0.313 e. The molecule has 0 radical (unpaired) electrons. The molecule has 0 amide bonds. The van der Waals surface area contributed by atoms with Gasteiger partial charge < -0.3 is 11.5 Å². The molecule has 0 aliphatic rings. The average molecular weight is 172 g/mol. The van der Waals surface area contributed by atoms with Crippen molar-refractivity contribution in [3.63, 3.8) is 0 Å². The first-order valence-electron chi connectivity index (χ1n) is 5.20. The van der Waals surface area contributed by atoms with Gasteiger partial charge in [-0.2, -0.15) is 0 Å². The van der Waals surface area contributed by atoms with Crippen LogP contribution in [-0.4, -0.2) is 5.66 Å². The first-order chi connectivity index (χ1) is 5.62. The first kappa shape index (κ1) is 11.9. The molecule has 0 fully saturated rings. The van der Waals surface area contributed by atoms with Crippen molar-refractivity contribution in [1.82, 2.24) is 0 Å². The van der Waals surface area contributed by atoms with Crippen molar-refractivity contribution in [2.45, 2.75) is 64.5 Å². The maximum absolute atomic E-state index is 5.89. The third kappa shape index (κ3) is 6.62. The van der Waals surface area contributed by atoms with Gasteiger partial charge in [0.05, 0.1) is 5.66 Å². The molecular formula is C10H24N2. The van der Waals surface area contributed by atoms with Crippen LogP contribution in [0.4, 0.5) is 0 Å². The van der Waals surface area contributed by atoms with Crippen molar-refractivity contribution in [1.29, 1.82) is 0 Å². The van der Waals surface area contributed by atoms with E-state index in [9.17, 15) is 0 Å².